The summed E-state index contributed by atoms with van der Waals surface area (Å²) >= 11 is 5.06. The minimum Gasteiger partial charge on any atom is -0.461 e. The van der Waals surface area contributed by atoms with Crippen molar-refractivity contribution in [2.45, 2.75) is 26.0 Å². The summed E-state index contributed by atoms with van der Waals surface area (Å²) in [4.78, 5) is 0. The van der Waals surface area contributed by atoms with Crippen molar-refractivity contribution in [2.75, 3.05) is 0 Å². The van der Waals surface area contributed by atoms with Gasteiger partial charge in [0.1, 0.15) is 6.10 Å². The third-order valence-corrected chi connectivity index (χ3v) is 2.91. The second-order valence-electron chi connectivity index (χ2n) is 4.15. The van der Waals surface area contributed by atoms with Crippen molar-refractivity contribution in [3.05, 3.63) is 35.9 Å². The number of hydrogen-bond acceptors (Lipinski definition) is 2. The van der Waals surface area contributed by atoms with E-state index in [-0.39, 0.29) is 12.1 Å². The average Bonchev–Trinajstić information content (AvgIpc) is 2.62. The van der Waals surface area contributed by atoms with Crippen LogP contribution in [0.3, 0.4) is 0 Å². The van der Waals surface area contributed by atoms with Crippen molar-refractivity contribution in [1.29, 1.82) is 0 Å². The molecule has 0 amide bonds. The van der Waals surface area contributed by atoms with E-state index in [0.717, 1.165) is 0 Å². The van der Waals surface area contributed by atoms with E-state index < -0.39 is 0 Å². The molecular weight excluding hydrogens is 206 g/mol. The summed E-state index contributed by atoms with van der Waals surface area (Å²) in [6.45, 7) is 4.34. The Morgan fingerprint density at radius 3 is 2.53 bits per heavy atom. The first-order valence-corrected chi connectivity index (χ1v) is 5.61. The molecular formula is C12H15NOS. The zero-order valence-electron chi connectivity index (χ0n) is 8.94. The highest BCUT2D eigenvalue weighted by Gasteiger charge is 2.34. The fraction of sp³-hybridized carbons (Fsp3) is 0.417. The summed E-state index contributed by atoms with van der Waals surface area (Å²) in [7, 11) is 0. The first-order chi connectivity index (χ1) is 7.18. The maximum atomic E-state index is 5.64. The lowest BCUT2D eigenvalue weighted by Gasteiger charge is -2.20. The van der Waals surface area contributed by atoms with Gasteiger partial charge in [-0.3, -0.25) is 0 Å². The van der Waals surface area contributed by atoms with Gasteiger partial charge in [-0.2, -0.15) is 0 Å². The Kier molecular flexibility index (Phi) is 2.91. The first kappa shape index (κ1) is 10.4. The Bertz CT molecular complexity index is 350. The third kappa shape index (κ3) is 2.12. The molecule has 2 rings (SSSR count). The Morgan fingerprint density at radius 1 is 1.27 bits per heavy atom. The quantitative estimate of drug-likeness (QED) is 0.776. The SMILES string of the molecule is CC(C)C1NC(=S)O[C@@H]1c1ccccc1. The summed E-state index contributed by atoms with van der Waals surface area (Å²) in [5.74, 6) is 0.496. The van der Waals surface area contributed by atoms with Gasteiger partial charge in [0.05, 0.1) is 6.04 Å². The van der Waals surface area contributed by atoms with Gasteiger partial charge < -0.3 is 10.1 Å². The van der Waals surface area contributed by atoms with Crippen molar-refractivity contribution in [1.82, 2.24) is 5.32 Å². The van der Waals surface area contributed by atoms with Gasteiger partial charge in [0, 0.05) is 0 Å². The molecule has 0 spiro atoms. The van der Waals surface area contributed by atoms with Crippen LogP contribution in [0.4, 0.5) is 0 Å². The van der Waals surface area contributed by atoms with Crippen LogP contribution in [0.5, 0.6) is 0 Å². The van der Waals surface area contributed by atoms with Crippen LogP contribution in [0, 0.1) is 5.92 Å². The zero-order chi connectivity index (χ0) is 10.8. The van der Waals surface area contributed by atoms with Crippen LogP contribution in [-0.4, -0.2) is 11.2 Å². The topological polar surface area (TPSA) is 21.3 Å². The van der Waals surface area contributed by atoms with E-state index >= 15 is 0 Å². The Morgan fingerprint density at radius 2 is 1.93 bits per heavy atom. The summed E-state index contributed by atoms with van der Waals surface area (Å²) in [5, 5.41) is 3.73. The number of thiocarbonyl (C=S) groups is 1. The van der Waals surface area contributed by atoms with Crippen molar-refractivity contribution >= 4 is 17.4 Å². The molecule has 15 heavy (non-hydrogen) atoms. The van der Waals surface area contributed by atoms with E-state index in [1.807, 2.05) is 18.2 Å². The second-order valence-corrected chi connectivity index (χ2v) is 4.52. The Labute approximate surface area is 95.6 Å². The lowest BCUT2D eigenvalue weighted by Crippen LogP contribution is -2.32. The van der Waals surface area contributed by atoms with E-state index in [9.17, 15) is 0 Å². The van der Waals surface area contributed by atoms with Crippen LogP contribution >= 0.6 is 12.2 Å². The standard InChI is InChI=1S/C12H15NOS/c1-8(2)10-11(14-12(15)13-10)9-6-4-3-5-7-9/h3-8,10-11H,1-2H3,(H,13,15)/t10?,11-/m1/s1. The zero-order valence-corrected chi connectivity index (χ0v) is 9.75. The summed E-state index contributed by atoms with van der Waals surface area (Å²) in [5.41, 5.74) is 1.18. The molecule has 0 bridgehead atoms. The minimum atomic E-state index is 0.0544. The highest BCUT2D eigenvalue weighted by Crippen LogP contribution is 2.30. The average molecular weight is 221 g/mol. The molecule has 1 fully saturated rings. The van der Waals surface area contributed by atoms with Crippen LogP contribution in [0.25, 0.3) is 0 Å². The Balaban J connectivity index is 2.24. The molecule has 0 aromatic heterocycles. The summed E-state index contributed by atoms with van der Waals surface area (Å²) in [6, 6.07) is 10.5. The number of rotatable bonds is 2. The van der Waals surface area contributed by atoms with Gasteiger partial charge in [0.15, 0.2) is 0 Å². The normalized spacial score (nSPS) is 25.1. The van der Waals surface area contributed by atoms with Gasteiger partial charge in [-0.05, 0) is 23.7 Å². The number of hydrogen-bond donors (Lipinski definition) is 1. The van der Waals surface area contributed by atoms with E-state index in [1.165, 1.54) is 5.56 Å². The van der Waals surface area contributed by atoms with Gasteiger partial charge in [-0.1, -0.05) is 44.2 Å². The van der Waals surface area contributed by atoms with Gasteiger partial charge in [-0.15, -0.1) is 0 Å². The first-order valence-electron chi connectivity index (χ1n) is 5.20. The molecule has 2 atom stereocenters. The molecule has 1 aromatic rings. The molecule has 1 saturated heterocycles. The molecule has 1 aliphatic heterocycles. The molecule has 0 aliphatic carbocycles. The maximum absolute atomic E-state index is 5.64. The molecule has 1 heterocycles. The van der Waals surface area contributed by atoms with Crippen LogP contribution in [0.1, 0.15) is 25.5 Å². The number of ether oxygens (including phenoxy) is 1. The minimum absolute atomic E-state index is 0.0544. The summed E-state index contributed by atoms with van der Waals surface area (Å²) < 4.78 is 5.64. The van der Waals surface area contributed by atoms with Crippen LogP contribution in [0.2, 0.25) is 0 Å². The lowest BCUT2D eigenvalue weighted by molar-refractivity contribution is 0.186. The molecule has 0 saturated carbocycles. The van der Waals surface area contributed by atoms with E-state index in [4.69, 9.17) is 17.0 Å². The summed E-state index contributed by atoms with van der Waals surface area (Å²) in [6.07, 6.45) is 0.0544. The highest BCUT2D eigenvalue weighted by atomic mass is 32.1. The molecule has 1 N–H and O–H groups in total. The van der Waals surface area contributed by atoms with Crippen LogP contribution in [0.15, 0.2) is 30.3 Å². The Hall–Kier alpha value is -1.09. The monoisotopic (exact) mass is 221 g/mol. The van der Waals surface area contributed by atoms with Crippen molar-refractivity contribution < 1.29 is 4.74 Å². The fourth-order valence-corrected chi connectivity index (χ4v) is 2.11. The highest BCUT2D eigenvalue weighted by molar-refractivity contribution is 7.80. The number of nitrogens with one attached hydrogen (secondary N) is 1. The molecule has 80 valence electrons. The smallest absolute Gasteiger partial charge is 0.257 e. The van der Waals surface area contributed by atoms with Gasteiger partial charge in [0.2, 0.25) is 0 Å². The number of benzene rings is 1. The van der Waals surface area contributed by atoms with E-state index in [2.05, 4.69) is 31.3 Å². The molecule has 1 aliphatic rings. The van der Waals surface area contributed by atoms with Gasteiger partial charge in [-0.25, -0.2) is 0 Å². The molecule has 1 unspecified atom stereocenters. The predicted molar refractivity (Wildman–Crippen MR) is 64.6 cm³/mol. The van der Waals surface area contributed by atoms with Crippen LogP contribution in [-0.2, 0) is 4.74 Å². The second kappa shape index (κ2) is 4.19. The molecule has 2 nitrogen and oxygen atoms in total. The van der Waals surface area contributed by atoms with Crippen molar-refractivity contribution in [3.8, 4) is 0 Å². The van der Waals surface area contributed by atoms with E-state index in [0.29, 0.717) is 11.1 Å². The van der Waals surface area contributed by atoms with E-state index in [1.54, 1.807) is 0 Å². The maximum Gasteiger partial charge on any atom is 0.257 e. The largest absolute Gasteiger partial charge is 0.461 e. The van der Waals surface area contributed by atoms with Crippen LogP contribution < -0.4 is 5.32 Å². The van der Waals surface area contributed by atoms with Crippen molar-refractivity contribution in [3.63, 3.8) is 0 Å². The lowest BCUT2D eigenvalue weighted by atomic mass is 9.94. The predicted octanol–water partition coefficient (Wildman–Crippen LogP) is 2.66. The third-order valence-electron chi connectivity index (χ3n) is 2.69. The molecule has 3 heteroatoms. The fourth-order valence-electron chi connectivity index (χ4n) is 1.87. The van der Waals surface area contributed by atoms with Gasteiger partial charge >= 0.3 is 0 Å². The van der Waals surface area contributed by atoms with Gasteiger partial charge in [0.25, 0.3) is 5.17 Å². The molecule has 0 radical (unpaired) electrons. The molecule has 1 aromatic carbocycles. The van der Waals surface area contributed by atoms with Crippen molar-refractivity contribution in [2.24, 2.45) is 5.92 Å².